The van der Waals surface area contributed by atoms with Crippen LogP contribution in [0.1, 0.15) is 57.9 Å². The molecule has 134 valence electrons. The third-order valence-corrected chi connectivity index (χ3v) is 6.28. The second-order valence-electron chi connectivity index (χ2n) is 7.91. The van der Waals surface area contributed by atoms with Crippen molar-refractivity contribution in [2.24, 2.45) is 5.92 Å². The molecule has 0 spiro atoms. The first-order valence-corrected chi connectivity index (χ1v) is 9.88. The van der Waals surface area contributed by atoms with Crippen molar-refractivity contribution in [3.8, 4) is 10.4 Å². The molecule has 0 unspecified atom stereocenters. The molecule has 0 radical (unpaired) electrons. The van der Waals surface area contributed by atoms with Gasteiger partial charge in [0.25, 0.3) is 0 Å². The van der Waals surface area contributed by atoms with Crippen LogP contribution in [-0.4, -0.2) is 22.9 Å². The monoisotopic (exact) mass is 357 g/mol. The zero-order valence-electron chi connectivity index (χ0n) is 15.6. The van der Waals surface area contributed by atoms with Crippen LogP contribution in [0.15, 0.2) is 24.5 Å². The van der Waals surface area contributed by atoms with Crippen LogP contribution in [0.5, 0.6) is 0 Å². The summed E-state index contributed by atoms with van der Waals surface area (Å²) >= 11 is 1.71. The van der Waals surface area contributed by atoms with E-state index in [0.717, 1.165) is 46.9 Å². The molecule has 2 aromatic rings. The average molecular weight is 358 g/mol. The van der Waals surface area contributed by atoms with Gasteiger partial charge in [-0.3, -0.25) is 9.69 Å². The predicted octanol–water partition coefficient (Wildman–Crippen LogP) is 5.05. The van der Waals surface area contributed by atoms with Gasteiger partial charge in [0.2, 0.25) is 5.91 Å². The van der Waals surface area contributed by atoms with Crippen molar-refractivity contribution in [2.45, 2.75) is 58.3 Å². The minimum absolute atomic E-state index is 0.0481. The SMILES string of the molecule is CN(C(=O)C1CCCCC1)c1cc(-c2cnc(C(C)(C)C)s2)ccn1. The van der Waals surface area contributed by atoms with Crippen LogP contribution in [0.25, 0.3) is 10.4 Å². The number of hydrogen-bond acceptors (Lipinski definition) is 4. The number of hydrogen-bond donors (Lipinski definition) is 0. The molecule has 0 atom stereocenters. The van der Waals surface area contributed by atoms with Gasteiger partial charge in [0, 0.05) is 30.8 Å². The van der Waals surface area contributed by atoms with Crippen molar-refractivity contribution in [1.29, 1.82) is 0 Å². The number of aromatic nitrogens is 2. The Balaban J connectivity index is 1.81. The van der Waals surface area contributed by atoms with Crippen LogP contribution in [0.4, 0.5) is 5.82 Å². The zero-order chi connectivity index (χ0) is 18.0. The molecular formula is C20H27N3OS. The fourth-order valence-corrected chi connectivity index (χ4v) is 4.22. The topological polar surface area (TPSA) is 46.1 Å². The predicted molar refractivity (Wildman–Crippen MR) is 104 cm³/mol. The Bertz CT molecular complexity index is 741. The molecule has 0 aromatic carbocycles. The van der Waals surface area contributed by atoms with E-state index in [1.807, 2.05) is 25.4 Å². The summed E-state index contributed by atoms with van der Waals surface area (Å²) in [6, 6.07) is 3.99. The number of carbonyl (C=O) groups excluding carboxylic acids is 1. The van der Waals surface area contributed by atoms with Crippen LogP contribution in [-0.2, 0) is 10.2 Å². The number of thiazole rings is 1. The second-order valence-corrected chi connectivity index (χ2v) is 8.95. The molecule has 0 aliphatic heterocycles. The van der Waals surface area contributed by atoms with Crippen LogP contribution in [0.3, 0.4) is 0 Å². The Hall–Kier alpha value is -1.75. The number of carbonyl (C=O) groups is 1. The standard InChI is InChI=1S/C20H27N3OS/c1-20(2,3)19-22-13-16(25-19)15-10-11-21-17(12-15)23(4)18(24)14-8-6-5-7-9-14/h10-14H,5-9H2,1-4H3. The summed E-state index contributed by atoms with van der Waals surface area (Å²) in [6.45, 7) is 6.51. The summed E-state index contributed by atoms with van der Waals surface area (Å²) in [7, 11) is 1.84. The van der Waals surface area contributed by atoms with E-state index in [1.54, 1.807) is 22.4 Å². The van der Waals surface area contributed by atoms with Gasteiger partial charge in [-0.25, -0.2) is 9.97 Å². The van der Waals surface area contributed by atoms with E-state index in [2.05, 4.69) is 30.7 Å². The first-order chi connectivity index (χ1) is 11.9. The average Bonchev–Trinajstić information content (AvgIpc) is 3.12. The van der Waals surface area contributed by atoms with Crippen molar-refractivity contribution < 1.29 is 4.79 Å². The Kier molecular flexibility index (Phi) is 5.23. The second kappa shape index (κ2) is 7.24. The number of pyridine rings is 1. The molecule has 5 heteroatoms. The van der Waals surface area contributed by atoms with E-state index in [1.165, 1.54) is 6.42 Å². The molecular weight excluding hydrogens is 330 g/mol. The Morgan fingerprint density at radius 3 is 2.56 bits per heavy atom. The molecule has 2 aromatic heterocycles. The quantitative estimate of drug-likeness (QED) is 0.772. The maximum absolute atomic E-state index is 12.8. The highest BCUT2D eigenvalue weighted by atomic mass is 32.1. The molecule has 1 aliphatic carbocycles. The first kappa shape index (κ1) is 18.1. The van der Waals surface area contributed by atoms with Gasteiger partial charge in [0.1, 0.15) is 5.82 Å². The molecule has 4 nitrogen and oxygen atoms in total. The fraction of sp³-hybridized carbons (Fsp3) is 0.550. The Morgan fingerprint density at radius 1 is 1.20 bits per heavy atom. The molecule has 0 saturated heterocycles. The van der Waals surface area contributed by atoms with Crippen molar-refractivity contribution in [3.05, 3.63) is 29.5 Å². The van der Waals surface area contributed by atoms with Gasteiger partial charge in [-0.15, -0.1) is 11.3 Å². The summed E-state index contributed by atoms with van der Waals surface area (Å²) in [5.74, 6) is 1.07. The van der Waals surface area contributed by atoms with Gasteiger partial charge in [-0.05, 0) is 30.5 Å². The molecule has 2 heterocycles. The van der Waals surface area contributed by atoms with E-state index in [-0.39, 0.29) is 17.2 Å². The summed E-state index contributed by atoms with van der Waals surface area (Å²) in [5.41, 5.74) is 1.12. The summed E-state index contributed by atoms with van der Waals surface area (Å²) in [6.07, 6.45) is 9.30. The van der Waals surface area contributed by atoms with Crippen molar-refractivity contribution >= 4 is 23.1 Å². The summed E-state index contributed by atoms with van der Waals surface area (Å²) in [5, 5.41) is 1.12. The van der Waals surface area contributed by atoms with E-state index in [9.17, 15) is 4.79 Å². The van der Waals surface area contributed by atoms with Gasteiger partial charge < -0.3 is 0 Å². The number of nitrogens with zero attached hydrogens (tertiary/aromatic N) is 3. The van der Waals surface area contributed by atoms with Gasteiger partial charge in [-0.2, -0.15) is 0 Å². The molecule has 1 saturated carbocycles. The lowest BCUT2D eigenvalue weighted by atomic mass is 9.88. The number of amides is 1. The van der Waals surface area contributed by atoms with Crippen molar-refractivity contribution in [2.75, 3.05) is 11.9 Å². The molecule has 0 bridgehead atoms. The first-order valence-electron chi connectivity index (χ1n) is 9.06. The third-order valence-electron chi connectivity index (χ3n) is 4.81. The van der Waals surface area contributed by atoms with Gasteiger partial charge in [0.05, 0.1) is 9.88 Å². The van der Waals surface area contributed by atoms with Crippen LogP contribution < -0.4 is 4.90 Å². The Morgan fingerprint density at radius 2 is 1.92 bits per heavy atom. The number of rotatable bonds is 3. The normalized spacial score (nSPS) is 16.0. The molecule has 1 fully saturated rings. The van der Waals surface area contributed by atoms with Crippen LogP contribution >= 0.6 is 11.3 Å². The van der Waals surface area contributed by atoms with Gasteiger partial charge >= 0.3 is 0 Å². The smallest absolute Gasteiger partial charge is 0.230 e. The third kappa shape index (κ3) is 4.09. The van der Waals surface area contributed by atoms with Crippen LogP contribution in [0, 0.1) is 5.92 Å². The largest absolute Gasteiger partial charge is 0.300 e. The lowest BCUT2D eigenvalue weighted by Crippen LogP contribution is -2.34. The lowest BCUT2D eigenvalue weighted by molar-refractivity contribution is -0.123. The highest BCUT2D eigenvalue weighted by molar-refractivity contribution is 7.15. The minimum atomic E-state index is 0.0481. The van der Waals surface area contributed by atoms with Gasteiger partial charge in [-0.1, -0.05) is 40.0 Å². The highest BCUT2D eigenvalue weighted by Crippen LogP contribution is 2.34. The lowest BCUT2D eigenvalue weighted by Gasteiger charge is -2.26. The molecule has 3 rings (SSSR count). The number of anilines is 1. The Labute approximate surface area is 154 Å². The summed E-state index contributed by atoms with van der Waals surface area (Å²) < 4.78 is 0. The van der Waals surface area contributed by atoms with Crippen molar-refractivity contribution in [1.82, 2.24) is 9.97 Å². The molecule has 1 amide bonds. The zero-order valence-corrected chi connectivity index (χ0v) is 16.4. The minimum Gasteiger partial charge on any atom is -0.300 e. The van der Waals surface area contributed by atoms with E-state index in [4.69, 9.17) is 0 Å². The molecule has 1 aliphatic rings. The fourth-order valence-electron chi connectivity index (χ4n) is 3.25. The van der Waals surface area contributed by atoms with E-state index in [0.29, 0.717) is 0 Å². The highest BCUT2D eigenvalue weighted by Gasteiger charge is 2.25. The van der Waals surface area contributed by atoms with Crippen LogP contribution in [0.2, 0.25) is 0 Å². The maximum Gasteiger partial charge on any atom is 0.230 e. The van der Waals surface area contributed by atoms with Crippen molar-refractivity contribution in [3.63, 3.8) is 0 Å². The summed E-state index contributed by atoms with van der Waals surface area (Å²) in [4.78, 5) is 24.6. The molecule has 0 N–H and O–H groups in total. The van der Waals surface area contributed by atoms with Gasteiger partial charge in [0.15, 0.2) is 0 Å². The molecule has 25 heavy (non-hydrogen) atoms. The van der Waals surface area contributed by atoms with E-state index >= 15 is 0 Å². The van der Waals surface area contributed by atoms with E-state index < -0.39 is 0 Å². The maximum atomic E-state index is 12.8.